The van der Waals surface area contributed by atoms with Crippen LogP contribution in [0.25, 0.3) is 11.8 Å². The van der Waals surface area contributed by atoms with Crippen molar-refractivity contribution in [1.29, 1.82) is 0 Å². The number of imide groups is 1. The number of aromatic nitrogens is 2. The number of halogens is 1. The van der Waals surface area contributed by atoms with E-state index >= 15 is 0 Å². The second kappa shape index (κ2) is 9.56. The fourth-order valence-corrected chi connectivity index (χ4v) is 4.40. The number of nitrogens with zero attached hydrogens (tertiary/aromatic N) is 2. The molecule has 1 aliphatic heterocycles. The standard InChI is InChI=1S/C22H17ClN4O3S2/c23-15-8-6-14(7-9-15)12-18-20(29)26(22(30)32-18)11-10-24-19(28)17-13-25-21(31)27(17)16-4-2-1-3-5-16/h1-9,12-13H,10-11H2,(H,24,28)(H,25,31)/b18-12-. The van der Waals surface area contributed by atoms with Crippen LogP contribution in [0.2, 0.25) is 5.02 Å². The number of para-hydroxylation sites is 1. The fourth-order valence-electron chi connectivity index (χ4n) is 3.14. The van der Waals surface area contributed by atoms with Gasteiger partial charge in [-0.3, -0.25) is 23.9 Å². The van der Waals surface area contributed by atoms with Crippen molar-refractivity contribution in [1.82, 2.24) is 19.8 Å². The molecular weight excluding hydrogens is 468 g/mol. The molecule has 0 saturated carbocycles. The lowest BCUT2D eigenvalue weighted by Crippen LogP contribution is -2.37. The molecule has 1 fully saturated rings. The molecule has 32 heavy (non-hydrogen) atoms. The summed E-state index contributed by atoms with van der Waals surface area (Å²) in [6.07, 6.45) is 3.17. The van der Waals surface area contributed by atoms with E-state index in [4.69, 9.17) is 23.8 Å². The maximum Gasteiger partial charge on any atom is 0.293 e. The number of imidazole rings is 1. The van der Waals surface area contributed by atoms with Gasteiger partial charge in [-0.2, -0.15) is 0 Å². The van der Waals surface area contributed by atoms with Gasteiger partial charge in [0.1, 0.15) is 5.69 Å². The smallest absolute Gasteiger partial charge is 0.293 e. The third-order valence-corrected chi connectivity index (χ3v) is 6.15. The summed E-state index contributed by atoms with van der Waals surface area (Å²) < 4.78 is 2.01. The van der Waals surface area contributed by atoms with Gasteiger partial charge in [-0.25, -0.2) is 0 Å². The summed E-state index contributed by atoms with van der Waals surface area (Å²) in [6.45, 7) is 0.169. The van der Waals surface area contributed by atoms with Crippen LogP contribution >= 0.6 is 35.6 Å². The molecule has 10 heteroatoms. The topological polar surface area (TPSA) is 87.2 Å². The molecule has 0 aliphatic carbocycles. The number of hydrogen-bond donors (Lipinski definition) is 2. The average molecular weight is 485 g/mol. The van der Waals surface area contributed by atoms with Crippen LogP contribution in [0, 0.1) is 4.77 Å². The summed E-state index contributed by atoms with van der Waals surface area (Å²) in [5.41, 5.74) is 1.85. The highest BCUT2D eigenvalue weighted by molar-refractivity contribution is 8.18. The zero-order valence-electron chi connectivity index (χ0n) is 16.6. The summed E-state index contributed by atoms with van der Waals surface area (Å²) in [5, 5.41) is 2.96. The summed E-state index contributed by atoms with van der Waals surface area (Å²) in [7, 11) is 0. The highest BCUT2D eigenvalue weighted by Crippen LogP contribution is 2.32. The zero-order valence-corrected chi connectivity index (χ0v) is 19.0. The molecule has 2 aromatic carbocycles. The molecule has 7 nitrogen and oxygen atoms in total. The van der Waals surface area contributed by atoms with E-state index in [1.54, 1.807) is 34.9 Å². The second-order valence-corrected chi connectivity index (χ2v) is 8.61. The number of carbonyl (C=O) groups is 3. The molecule has 3 amide bonds. The van der Waals surface area contributed by atoms with E-state index in [0.29, 0.717) is 20.4 Å². The van der Waals surface area contributed by atoms with Crippen molar-refractivity contribution in [3.63, 3.8) is 0 Å². The van der Waals surface area contributed by atoms with Gasteiger partial charge < -0.3 is 10.3 Å². The maximum atomic E-state index is 12.7. The molecule has 3 aromatic rings. The van der Waals surface area contributed by atoms with Crippen LogP contribution in [-0.4, -0.2) is 44.6 Å². The Morgan fingerprint density at radius 1 is 1.12 bits per heavy atom. The van der Waals surface area contributed by atoms with Gasteiger partial charge in [0.25, 0.3) is 17.1 Å². The molecule has 1 saturated heterocycles. The van der Waals surface area contributed by atoms with Crippen molar-refractivity contribution in [2.45, 2.75) is 0 Å². The Kier molecular flexibility index (Phi) is 6.59. The number of hydrogen-bond acceptors (Lipinski definition) is 5. The maximum absolute atomic E-state index is 12.7. The van der Waals surface area contributed by atoms with E-state index in [0.717, 1.165) is 27.9 Å². The van der Waals surface area contributed by atoms with Crippen molar-refractivity contribution in [2.75, 3.05) is 13.1 Å². The first-order chi connectivity index (χ1) is 15.4. The van der Waals surface area contributed by atoms with Gasteiger partial charge in [0, 0.05) is 30.0 Å². The molecule has 162 valence electrons. The first-order valence-electron chi connectivity index (χ1n) is 9.59. The highest BCUT2D eigenvalue weighted by Gasteiger charge is 2.34. The first-order valence-corrected chi connectivity index (χ1v) is 11.2. The van der Waals surface area contributed by atoms with Crippen molar-refractivity contribution in [3.05, 3.63) is 86.8 Å². The van der Waals surface area contributed by atoms with Crippen molar-refractivity contribution in [3.8, 4) is 5.69 Å². The summed E-state index contributed by atoms with van der Waals surface area (Å²) in [4.78, 5) is 42.0. The molecule has 0 radical (unpaired) electrons. The van der Waals surface area contributed by atoms with E-state index in [9.17, 15) is 14.4 Å². The Morgan fingerprint density at radius 3 is 2.56 bits per heavy atom. The number of H-pyrrole nitrogens is 1. The lowest BCUT2D eigenvalue weighted by atomic mass is 10.2. The lowest BCUT2D eigenvalue weighted by molar-refractivity contribution is -0.122. The monoisotopic (exact) mass is 484 g/mol. The Morgan fingerprint density at radius 2 is 1.84 bits per heavy atom. The largest absolute Gasteiger partial charge is 0.349 e. The predicted molar refractivity (Wildman–Crippen MR) is 127 cm³/mol. The summed E-state index contributed by atoms with van der Waals surface area (Å²) in [6, 6.07) is 16.2. The fraction of sp³-hybridized carbons (Fsp3) is 0.0909. The van der Waals surface area contributed by atoms with Crippen LogP contribution < -0.4 is 5.32 Å². The molecule has 2 heterocycles. The minimum atomic E-state index is -0.391. The number of amides is 3. The Hall–Kier alpha value is -3.14. The molecule has 0 atom stereocenters. The van der Waals surface area contributed by atoms with E-state index in [2.05, 4.69) is 10.3 Å². The van der Waals surface area contributed by atoms with E-state index in [-0.39, 0.29) is 24.2 Å². The Balaban J connectivity index is 1.40. The highest BCUT2D eigenvalue weighted by atomic mass is 35.5. The van der Waals surface area contributed by atoms with E-state index in [1.807, 2.05) is 30.3 Å². The summed E-state index contributed by atoms with van der Waals surface area (Å²) >= 11 is 12.0. The van der Waals surface area contributed by atoms with Crippen LogP contribution in [-0.2, 0) is 4.79 Å². The molecule has 1 aromatic heterocycles. The molecule has 1 aliphatic rings. The van der Waals surface area contributed by atoms with Crippen LogP contribution in [0.5, 0.6) is 0 Å². The van der Waals surface area contributed by atoms with Crippen LogP contribution in [0.15, 0.2) is 65.7 Å². The zero-order chi connectivity index (χ0) is 22.7. The van der Waals surface area contributed by atoms with Gasteiger partial charge in [0.2, 0.25) is 0 Å². The second-order valence-electron chi connectivity index (χ2n) is 6.79. The van der Waals surface area contributed by atoms with Gasteiger partial charge in [-0.15, -0.1) is 0 Å². The number of thioether (sulfide) groups is 1. The molecule has 0 bridgehead atoms. The number of benzene rings is 2. The van der Waals surface area contributed by atoms with Crippen LogP contribution in [0.3, 0.4) is 0 Å². The number of rotatable bonds is 6. The minimum absolute atomic E-state index is 0.0604. The molecule has 2 N–H and O–H groups in total. The molecule has 0 unspecified atom stereocenters. The van der Waals surface area contributed by atoms with Crippen molar-refractivity contribution >= 4 is 58.7 Å². The summed E-state index contributed by atoms with van der Waals surface area (Å²) in [5.74, 6) is -0.761. The molecule has 0 spiro atoms. The van der Waals surface area contributed by atoms with Gasteiger partial charge in [0.15, 0.2) is 4.77 Å². The lowest BCUT2D eigenvalue weighted by Gasteiger charge is -2.13. The molecular formula is C22H17ClN4O3S2. The van der Waals surface area contributed by atoms with Gasteiger partial charge in [-0.1, -0.05) is 41.9 Å². The van der Waals surface area contributed by atoms with Crippen LogP contribution in [0.4, 0.5) is 4.79 Å². The Labute approximate surface area is 198 Å². The minimum Gasteiger partial charge on any atom is -0.349 e. The number of aromatic amines is 1. The van der Waals surface area contributed by atoms with Gasteiger partial charge in [0.05, 0.1) is 4.91 Å². The first kappa shape index (κ1) is 22.1. The van der Waals surface area contributed by atoms with E-state index < -0.39 is 5.91 Å². The van der Waals surface area contributed by atoms with Gasteiger partial charge in [-0.05, 0) is 59.9 Å². The predicted octanol–water partition coefficient (Wildman–Crippen LogP) is 4.65. The van der Waals surface area contributed by atoms with Crippen molar-refractivity contribution < 1.29 is 14.4 Å². The quantitative estimate of drug-likeness (QED) is 0.392. The number of nitrogens with one attached hydrogen (secondary N) is 2. The normalized spacial score (nSPS) is 14.9. The van der Waals surface area contributed by atoms with Crippen LogP contribution in [0.1, 0.15) is 16.1 Å². The number of carbonyl (C=O) groups excluding carboxylic acids is 3. The van der Waals surface area contributed by atoms with E-state index in [1.165, 1.54) is 6.20 Å². The SMILES string of the molecule is O=C(NCCN1C(=O)S/C(=C\c2ccc(Cl)cc2)C1=O)c1c[nH]c(=S)n1-c1ccccc1. The third-order valence-electron chi connectivity index (χ3n) is 4.69. The van der Waals surface area contributed by atoms with Gasteiger partial charge >= 0.3 is 0 Å². The molecule has 4 rings (SSSR count). The Bertz CT molecular complexity index is 1270. The third kappa shape index (κ3) is 4.69. The van der Waals surface area contributed by atoms with Crippen molar-refractivity contribution in [2.24, 2.45) is 0 Å². The average Bonchev–Trinajstić information content (AvgIpc) is 3.30.